The zero-order valence-corrected chi connectivity index (χ0v) is 15.6. The van der Waals surface area contributed by atoms with E-state index in [0.717, 1.165) is 16.7 Å². The van der Waals surface area contributed by atoms with Crippen molar-refractivity contribution in [1.82, 2.24) is 10.3 Å². The molecule has 0 bridgehead atoms. The molecule has 4 rings (SSSR count). The lowest BCUT2D eigenvalue weighted by molar-refractivity contribution is -0.114. The molecule has 1 aromatic carbocycles. The fourth-order valence-corrected chi connectivity index (χ4v) is 3.43. The van der Waals surface area contributed by atoms with Gasteiger partial charge in [0.25, 0.3) is 5.91 Å². The fourth-order valence-electron chi connectivity index (χ4n) is 2.61. The van der Waals surface area contributed by atoms with Crippen LogP contribution in [0.3, 0.4) is 0 Å². The normalized spacial score (nSPS) is 15.4. The zero-order chi connectivity index (χ0) is 20.5. The van der Waals surface area contributed by atoms with Crippen LogP contribution in [0, 0.1) is 11.2 Å². The number of nitrogens with one attached hydrogen (secondary N) is 2. The summed E-state index contributed by atoms with van der Waals surface area (Å²) < 4.78 is 23.7. The van der Waals surface area contributed by atoms with Gasteiger partial charge in [0.05, 0.1) is 4.91 Å². The first-order valence-electron chi connectivity index (χ1n) is 8.21. The quantitative estimate of drug-likeness (QED) is 0.627. The van der Waals surface area contributed by atoms with Crippen LogP contribution < -0.4 is 10.2 Å². The van der Waals surface area contributed by atoms with Crippen molar-refractivity contribution in [3.63, 3.8) is 0 Å². The van der Waals surface area contributed by atoms with E-state index in [-0.39, 0.29) is 27.5 Å². The van der Waals surface area contributed by atoms with E-state index >= 15 is 0 Å². The van der Waals surface area contributed by atoms with Crippen molar-refractivity contribution in [2.45, 2.75) is 6.92 Å². The average molecular weight is 413 g/mol. The van der Waals surface area contributed by atoms with Crippen LogP contribution in [0.4, 0.5) is 16.0 Å². The number of furan rings is 1. The molecule has 2 N–H and O–H groups in total. The summed E-state index contributed by atoms with van der Waals surface area (Å²) in [6.07, 6.45) is 1.47. The minimum atomic E-state index is -0.550. The Bertz CT molecular complexity index is 1170. The molecule has 0 spiro atoms. The number of rotatable bonds is 4. The van der Waals surface area contributed by atoms with Gasteiger partial charge >= 0.3 is 0 Å². The number of carbonyl (C=O) groups excluding carboxylic acids is 2. The number of aromatic nitrogens is 2. The van der Waals surface area contributed by atoms with E-state index in [2.05, 4.69) is 20.3 Å². The van der Waals surface area contributed by atoms with E-state index in [4.69, 9.17) is 9.83 Å². The summed E-state index contributed by atoms with van der Waals surface area (Å²) in [7, 11) is 0. The third-order valence-corrected chi connectivity index (χ3v) is 4.70. The SMILES string of the molecule is CC(=O)Nc1nonc1N1C(=N)SC(=Cc2ccc(-c3cccc(F)c3)o2)C1=O. The van der Waals surface area contributed by atoms with Crippen LogP contribution in [-0.2, 0) is 9.59 Å². The topological polar surface area (TPSA) is 125 Å². The van der Waals surface area contributed by atoms with Gasteiger partial charge in [-0.05, 0) is 46.3 Å². The summed E-state index contributed by atoms with van der Waals surface area (Å²) in [5.41, 5.74) is 0.558. The van der Waals surface area contributed by atoms with Gasteiger partial charge in [0.1, 0.15) is 17.3 Å². The van der Waals surface area contributed by atoms with E-state index in [1.54, 1.807) is 24.3 Å². The van der Waals surface area contributed by atoms with Crippen molar-refractivity contribution in [2.75, 3.05) is 10.2 Å². The van der Waals surface area contributed by atoms with Gasteiger partial charge in [-0.1, -0.05) is 12.1 Å². The Morgan fingerprint density at radius 1 is 1.31 bits per heavy atom. The fraction of sp³-hybridized carbons (Fsp3) is 0.0556. The van der Waals surface area contributed by atoms with Crippen LogP contribution in [-0.4, -0.2) is 27.3 Å². The largest absolute Gasteiger partial charge is 0.457 e. The number of benzene rings is 1. The molecule has 1 fully saturated rings. The lowest BCUT2D eigenvalue weighted by atomic mass is 10.2. The number of amidine groups is 1. The molecule has 2 aromatic heterocycles. The maximum absolute atomic E-state index is 13.4. The zero-order valence-electron chi connectivity index (χ0n) is 14.8. The number of anilines is 2. The molecular formula is C18H12FN5O4S. The van der Waals surface area contributed by atoms with E-state index in [9.17, 15) is 14.0 Å². The van der Waals surface area contributed by atoms with Crippen molar-refractivity contribution in [3.8, 4) is 11.3 Å². The molecule has 29 heavy (non-hydrogen) atoms. The Labute approximate surface area is 167 Å². The molecule has 9 nitrogen and oxygen atoms in total. The smallest absolute Gasteiger partial charge is 0.272 e. The summed E-state index contributed by atoms with van der Waals surface area (Å²) in [6.45, 7) is 1.27. The summed E-state index contributed by atoms with van der Waals surface area (Å²) in [4.78, 5) is 25.2. The molecule has 146 valence electrons. The van der Waals surface area contributed by atoms with Crippen molar-refractivity contribution < 1.29 is 23.0 Å². The van der Waals surface area contributed by atoms with E-state index in [1.165, 1.54) is 25.1 Å². The summed E-state index contributed by atoms with van der Waals surface area (Å²) in [5.74, 6) is -0.729. The minimum absolute atomic E-state index is 0.0659. The Morgan fingerprint density at radius 2 is 2.14 bits per heavy atom. The highest BCUT2D eigenvalue weighted by atomic mass is 32.2. The number of hydrogen-bond donors (Lipinski definition) is 2. The van der Waals surface area contributed by atoms with Gasteiger partial charge in [-0.15, -0.1) is 0 Å². The van der Waals surface area contributed by atoms with Crippen LogP contribution in [0.1, 0.15) is 12.7 Å². The van der Waals surface area contributed by atoms with Gasteiger partial charge in [0.15, 0.2) is 5.17 Å². The predicted molar refractivity (Wildman–Crippen MR) is 103 cm³/mol. The van der Waals surface area contributed by atoms with Gasteiger partial charge < -0.3 is 9.73 Å². The first-order chi connectivity index (χ1) is 13.9. The highest BCUT2D eigenvalue weighted by Crippen LogP contribution is 2.37. The monoisotopic (exact) mass is 413 g/mol. The molecular weight excluding hydrogens is 401 g/mol. The first-order valence-corrected chi connectivity index (χ1v) is 9.02. The highest BCUT2D eigenvalue weighted by Gasteiger charge is 2.38. The number of carbonyl (C=O) groups is 2. The van der Waals surface area contributed by atoms with Crippen LogP contribution in [0.2, 0.25) is 0 Å². The Kier molecular flexibility index (Phi) is 4.72. The standard InChI is InChI=1S/C18H12FN5O4S/c1-9(25)21-15-16(23-28-22-15)24-17(26)14(29-18(24)20)8-12-5-6-13(27-12)10-3-2-4-11(19)7-10/h2-8,20H,1H3,(H,21,22,25). The Hall–Kier alpha value is -3.73. The van der Waals surface area contributed by atoms with Crippen LogP contribution >= 0.6 is 11.8 Å². The second-order valence-corrected chi connectivity index (χ2v) is 6.92. The van der Waals surface area contributed by atoms with E-state index in [0.29, 0.717) is 17.1 Å². The van der Waals surface area contributed by atoms with Crippen molar-refractivity contribution in [3.05, 3.63) is 52.9 Å². The summed E-state index contributed by atoms with van der Waals surface area (Å²) >= 11 is 0.889. The molecule has 0 unspecified atom stereocenters. The third kappa shape index (κ3) is 3.67. The van der Waals surface area contributed by atoms with Crippen LogP contribution in [0.5, 0.6) is 0 Å². The molecule has 2 amide bonds. The van der Waals surface area contributed by atoms with Crippen LogP contribution in [0.25, 0.3) is 17.4 Å². The van der Waals surface area contributed by atoms with Gasteiger partial charge in [-0.2, -0.15) is 0 Å². The number of amides is 2. The second kappa shape index (κ2) is 7.36. The van der Waals surface area contributed by atoms with E-state index < -0.39 is 11.8 Å². The Morgan fingerprint density at radius 3 is 2.90 bits per heavy atom. The molecule has 0 aliphatic carbocycles. The van der Waals surface area contributed by atoms with Gasteiger partial charge in [-0.3, -0.25) is 15.0 Å². The molecule has 1 aliphatic heterocycles. The summed E-state index contributed by atoms with van der Waals surface area (Å²) in [6, 6.07) is 9.23. The first kappa shape index (κ1) is 18.6. The molecule has 3 heterocycles. The number of hydrogen-bond acceptors (Lipinski definition) is 8. The number of halogens is 1. The lowest BCUT2D eigenvalue weighted by Gasteiger charge is -2.10. The molecule has 0 saturated carbocycles. The number of nitrogens with zero attached hydrogens (tertiary/aromatic N) is 3. The molecule has 0 radical (unpaired) electrons. The second-order valence-electron chi connectivity index (χ2n) is 5.89. The van der Waals surface area contributed by atoms with E-state index in [1.807, 2.05) is 0 Å². The van der Waals surface area contributed by atoms with Gasteiger partial charge in [0, 0.05) is 18.6 Å². The average Bonchev–Trinajstić information content (AvgIpc) is 3.36. The predicted octanol–water partition coefficient (Wildman–Crippen LogP) is 3.48. The van der Waals surface area contributed by atoms with Gasteiger partial charge in [0.2, 0.25) is 17.5 Å². The van der Waals surface area contributed by atoms with Gasteiger partial charge in [-0.25, -0.2) is 13.9 Å². The molecule has 1 saturated heterocycles. The minimum Gasteiger partial charge on any atom is -0.457 e. The van der Waals surface area contributed by atoms with Crippen LogP contribution in [0.15, 0.2) is 50.3 Å². The highest BCUT2D eigenvalue weighted by molar-refractivity contribution is 8.19. The molecule has 11 heteroatoms. The summed E-state index contributed by atoms with van der Waals surface area (Å²) in [5, 5.41) is 17.5. The number of thioether (sulfide) groups is 1. The van der Waals surface area contributed by atoms with Crippen molar-refractivity contribution in [2.24, 2.45) is 0 Å². The molecule has 3 aromatic rings. The maximum atomic E-state index is 13.4. The molecule has 0 atom stereocenters. The Balaban J connectivity index is 1.60. The maximum Gasteiger partial charge on any atom is 0.272 e. The van der Waals surface area contributed by atoms with Crippen molar-refractivity contribution in [1.29, 1.82) is 5.41 Å². The lowest BCUT2D eigenvalue weighted by Crippen LogP contribution is -2.29. The van der Waals surface area contributed by atoms with Crippen molar-refractivity contribution >= 4 is 46.5 Å². The molecule has 1 aliphatic rings. The third-order valence-electron chi connectivity index (χ3n) is 3.81.